The molecule has 0 radical (unpaired) electrons. The van der Waals surface area contributed by atoms with Gasteiger partial charge in [0, 0.05) is 6.61 Å². The van der Waals surface area contributed by atoms with Gasteiger partial charge in [-0.15, -0.1) is 0 Å². The quantitative estimate of drug-likeness (QED) is 0.491. The largest absolute Gasteiger partial charge is 0.376 e. The fourth-order valence-corrected chi connectivity index (χ4v) is 2.00. The first kappa shape index (κ1) is 12.9. The smallest absolute Gasteiger partial charge is 0.129 e. The summed E-state index contributed by atoms with van der Waals surface area (Å²) in [6, 6.07) is 0. The summed E-state index contributed by atoms with van der Waals surface area (Å²) in [5.41, 5.74) is 0. The van der Waals surface area contributed by atoms with Gasteiger partial charge in [-0.3, -0.25) is 0 Å². The van der Waals surface area contributed by atoms with Crippen LogP contribution in [0.4, 0.5) is 0 Å². The molecule has 3 heteroatoms. The molecule has 1 rings (SSSR count). The van der Waals surface area contributed by atoms with E-state index in [2.05, 4.69) is 28.1 Å². The second kappa shape index (κ2) is 5.28. The lowest BCUT2D eigenvalue weighted by molar-refractivity contribution is -1.01. The summed E-state index contributed by atoms with van der Waals surface area (Å²) in [6.07, 6.45) is 1.13. The van der Waals surface area contributed by atoms with Crippen LogP contribution >= 0.6 is 0 Å². The van der Waals surface area contributed by atoms with Gasteiger partial charge in [0.15, 0.2) is 0 Å². The van der Waals surface area contributed by atoms with Crippen molar-refractivity contribution in [1.29, 1.82) is 0 Å². The number of hydrogen-bond donors (Lipinski definition) is 0. The van der Waals surface area contributed by atoms with Gasteiger partial charge in [0.2, 0.25) is 0 Å². The molecule has 15 heavy (non-hydrogen) atoms. The molecular weight excluding hydrogens is 188 g/mol. The number of likely N-dealkylation sites (N-methyl/N-ethyl adjacent to an activating group) is 2. The molecule has 0 aliphatic carbocycles. The zero-order chi connectivity index (χ0) is 11.4. The SMILES string of the molecule is CCCOCC[N+]1(C)CC[N+](C)(C)CC1. The minimum Gasteiger partial charge on any atom is -0.376 e. The maximum absolute atomic E-state index is 5.58. The Bertz CT molecular complexity index is 182. The van der Waals surface area contributed by atoms with Crippen molar-refractivity contribution in [2.45, 2.75) is 13.3 Å². The molecule has 0 saturated carbocycles. The van der Waals surface area contributed by atoms with Gasteiger partial charge >= 0.3 is 0 Å². The van der Waals surface area contributed by atoms with Crippen LogP contribution in [0.25, 0.3) is 0 Å². The summed E-state index contributed by atoms with van der Waals surface area (Å²) in [5, 5.41) is 0. The highest BCUT2D eigenvalue weighted by molar-refractivity contribution is 4.48. The zero-order valence-corrected chi connectivity index (χ0v) is 11.0. The lowest BCUT2D eigenvalue weighted by atomic mass is 10.2. The Morgan fingerprint density at radius 1 is 0.933 bits per heavy atom. The zero-order valence-electron chi connectivity index (χ0n) is 11.0. The molecule has 0 atom stereocenters. The first-order chi connectivity index (χ1) is 6.97. The van der Waals surface area contributed by atoms with E-state index in [1.807, 2.05) is 0 Å². The van der Waals surface area contributed by atoms with E-state index in [-0.39, 0.29) is 0 Å². The van der Waals surface area contributed by atoms with Crippen LogP contribution in [0.2, 0.25) is 0 Å². The number of hydrogen-bond acceptors (Lipinski definition) is 1. The van der Waals surface area contributed by atoms with Crippen LogP contribution in [0.15, 0.2) is 0 Å². The molecule has 1 aliphatic heterocycles. The average molecular weight is 216 g/mol. The van der Waals surface area contributed by atoms with E-state index in [0.29, 0.717) is 0 Å². The van der Waals surface area contributed by atoms with Crippen LogP contribution in [0.5, 0.6) is 0 Å². The molecule has 90 valence electrons. The van der Waals surface area contributed by atoms with Crippen molar-refractivity contribution in [2.24, 2.45) is 0 Å². The monoisotopic (exact) mass is 216 g/mol. The van der Waals surface area contributed by atoms with Crippen molar-refractivity contribution in [3.63, 3.8) is 0 Å². The topological polar surface area (TPSA) is 9.23 Å². The number of rotatable bonds is 5. The predicted molar refractivity (Wildman–Crippen MR) is 63.7 cm³/mol. The minimum absolute atomic E-state index is 0.918. The predicted octanol–water partition coefficient (Wildman–Crippen LogP) is 0.950. The van der Waals surface area contributed by atoms with Gasteiger partial charge in [0.1, 0.15) is 32.7 Å². The maximum Gasteiger partial charge on any atom is 0.129 e. The molecule has 1 saturated heterocycles. The fraction of sp³-hybridized carbons (Fsp3) is 1.00. The van der Waals surface area contributed by atoms with Gasteiger partial charge in [0.05, 0.1) is 27.7 Å². The van der Waals surface area contributed by atoms with Crippen LogP contribution in [0, 0.1) is 0 Å². The first-order valence-corrected chi connectivity index (χ1v) is 6.21. The number of quaternary nitrogens is 2. The molecule has 3 nitrogen and oxygen atoms in total. The molecule has 0 aromatic rings. The van der Waals surface area contributed by atoms with Gasteiger partial charge in [0.25, 0.3) is 0 Å². The Labute approximate surface area is 94.8 Å². The molecule has 0 bridgehead atoms. The molecule has 0 spiro atoms. The number of nitrogens with zero attached hydrogens (tertiary/aromatic N) is 2. The number of ether oxygens (including phenoxy) is 1. The highest BCUT2D eigenvalue weighted by Gasteiger charge is 2.33. The minimum atomic E-state index is 0.918. The molecule has 1 heterocycles. The summed E-state index contributed by atoms with van der Waals surface area (Å²) in [4.78, 5) is 0. The Morgan fingerprint density at radius 3 is 2.07 bits per heavy atom. The van der Waals surface area contributed by atoms with Gasteiger partial charge < -0.3 is 13.7 Å². The molecule has 1 fully saturated rings. The lowest BCUT2D eigenvalue weighted by Gasteiger charge is -2.44. The molecule has 0 unspecified atom stereocenters. The summed E-state index contributed by atoms with van der Waals surface area (Å²) < 4.78 is 7.97. The normalized spacial score (nSPS) is 24.0. The highest BCUT2D eigenvalue weighted by Crippen LogP contribution is 2.12. The molecule has 0 aromatic carbocycles. The first-order valence-electron chi connectivity index (χ1n) is 6.21. The molecule has 0 amide bonds. The highest BCUT2D eigenvalue weighted by atomic mass is 16.5. The summed E-state index contributed by atoms with van der Waals surface area (Å²) >= 11 is 0. The third-order valence-corrected chi connectivity index (χ3v) is 3.61. The maximum atomic E-state index is 5.58. The van der Waals surface area contributed by atoms with Crippen molar-refractivity contribution >= 4 is 0 Å². The lowest BCUT2D eigenvalue weighted by Crippen LogP contribution is -2.63. The van der Waals surface area contributed by atoms with Crippen molar-refractivity contribution in [2.75, 3.05) is 67.1 Å². The van der Waals surface area contributed by atoms with E-state index >= 15 is 0 Å². The third-order valence-electron chi connectivity index (χ3n) is 3.61. The molecule has 0 N–H and O–H groups in total. The fourth-order valence-electron chi connectivity index (χ4n) is 2.00. The van der Waals surface area contributed by atoms with Gasteiger partial charge in [-0.25, -0.2) is 0 Å². The summed E-state index contributed by atoms with van der Waals surface area (Å²) in [5.74, 6) is 0. The van der Waals surface area contributed by atoms with Crippen LogP contribution in [-0.2, 0) is 4.74 Å². The van der Waals surface area contributed by atoms with E-state index in [1.54, 1.807) is 0 Å². The van der Waals surface area contributed by atoms with Crippen LogP contribution < -0.4 is 0 Å². The Morgan fingerprint density at radius 2 is 1.53 bits per heavy atom. The van der Waals surface area contributed by atoms with Crippen LogP contribution in [0.3, 0.4) is 0 Å². The van der Waals surface area contributed by atoms with Gasteiger partial charge in [-0.05, 0) is 6.42 Å². The van der Waals surface area contributed by atoms with Crippen LogP contribution in [-0.4, -0.2) is 76.0 Å². The molecular formula is C12H28N2O+2. The summed E-state index contributed by atoms with van der Waals surface area (Å²) in [6.45, 7) is 10.4. The van der Waals surface area contributed by atoms with E-state index in [4.69, 9.17) is 4.74 Å². The Balaban J connectivity index is 2.23. The van der Waals surface area contributed by atoms with Crippen molar-refractivity contribution < 1.29 is 13.7 Å². The standard InChI is InChI=1S/C12H28N2O/c1-5-11-15-12-10-14(4)8-6-13(2,3)7-9-14/h5-12H2,1-4H3/q+2. The molecule has 0 aromatic heterocycles. The molecule has 1 aliphatic rings. The van der Waals surface area contributed by atoms with Crippen molar-refractivity contribution in [3.05, 3.63) is 0 Å². The van der Waals surface area contributed by atoms with E-state index < -0.39 is 0 Å². The Kier molecular flexibility index (Phi) is 4.56. The third kappa shape index (κ3) is 4.49. The van der Waals surface area contributed by atoms with E-state index in [0.717, 1.165) is 19.6 Å². The number of piperazine rings is 1. The Hall–Kier alpha value is -0.120. The van der Waals surface area contributed by atoms with Gasteiger partial charge in [-0.2, -0.15) is 0 Å². The van der Waals surface area contributed by atoms with E-state index in [1.165, 1.54) is 41.7 Å². The summed E-state index contributed by atoms with van der Waals surface area (Å²) in [7, 11) is 7.03. The van der Waals surface area contributed by atoms with E-state index in [9.17, 15) is 0 Å². The van der Waals surface area contributed by atoms with Gasteiger partial charge in [-0.1, -0.05) is 6.92 Å². The van der Waals surface area contributed by atoms with Crippen molar-refractivity contribution in [1.82, 2.24) is 0 Å². The second-order valence-electron chi connectivity index (χ2n) is 5.79. The average Bonchev–Trinajstić information content (AvgIpc) is 2.19. The van der Waals surface area contributed by atoms with Crippen molar-refractivity contribution in [3.8, 4) is 0 Å². The van der Waals surface area contributed by atoms with Crippen LogP contribution in [0.1, 0.15) is 13.3 Å². The second-order valence-corrected chi connectivity index (χ2v) is 5.79.